The van der Waals surface area contributed by atoms with Crippen molar-refractivity contribution in [2.75, 3.05) is 18.5 Å². The van der Waals surface area contributed by atoms with Gasteiger partial charge in [-0.3, -0.25) is 9.78 Å². The molecule has 1 aromatic rings. The molecule has 2 heterocycles. The zero-order chi connectivity index (χ0) is 11.7. The Balaban J connectivity index is 2.30. The van der Waals surface area contributed by atoms with E-state index in [1.165, 1.54) is 5.56 Å². The van der Waals surface area contributed by atoms with Gasteiger partial charge in [-0.25, -0.2) is 0 Å². The van der Waals surface area contributed by atoms with Gasteiger partial charge in [0, 0.05) is 18.7 Å². The molecule has 0 aliphatic carbocycles. The van der Waals surface area contributed by atoms with Crippen molar-refractivity contribution < 1.29 is 4.79 Å². The van der Waals surface area contributed by atoms with Gasteiger partial charge in [-0.05, 0) is 25.6 Å². The van der Waals surface area contributed by atoms with Crippen LogP contribution in [0, 0.1) is 0 Å². The first-order chi connectivity index (χ1) is 7.65. The number of likely N-dealkylation sites (N-methyl/N-ethyl adjacent to an activating group) is 1. The number of nitrogens with zero attached hydrogens (tertiary/aromatic N) is 2. The second-order valence-electron chi connectivity index (χ2n) is 4.29. The van der Waals surface area contributed by atoms with E-state index in [0.717, 1.165) is 12.2 Å². The average molecular weight is 219 g/mol. The third kappa shape index (κ3) is 1.69. The lowest BCUT2D eigenvalue weighted by molar-refractivity contribution is -0.120. The molecule has 2 rings (SSSR count). The average Bonchev–Trinajstić information content (AvgIpc) is 2.65. The summed E-state index contributed by atoms with van der Waals surface area (Å²) in [4.78, 5) is 18.0. The van der Waals surface area contributed by atoms with Gasteiger partial charge in [-0.2, -0.15) is 0 Å². The molecule has 0 saturated heterocycles. The highest BCUT2D eigenvalue weighted by Gasteiger charge is 2.31. The maximum atomic E-state index is 12.1. The lowest BCUT2D eigenvalue weighted by Gasteiger charge is -2.21. The molecule has 0 aromatic carbocycles. The molecule has 1 amide bonds. The van der Waals surface area contributed by atoms with Crippen LogP contribution in [0.5, 0.6) is 0 Å². The maximum Gasteiger partial charge on any atom is 0.243 e. The van der Waals surface area contributed by atoms with Crippen molar-refractivity contribution in [3.05, 3.63) is 24.0 Å². The molecule has 16 heavy (non-hydrogen) atoms. The molecule has 4 heteroatoms. The summed E-state index contributed by atoms with van der Waals surface area (Å²) in [5.41, 5.74) is 2.17. The van der Waals surface area contributed by atoms with Crippen molar-refractivity contribution in [3.8, 4) is 0 Å². The fraction of sp³-hybridized carbons (Fsp3) is 0.500. The number of anilines is 1. The van der Waals surface area contributed by atoms with Crippen LogP contribution in [0.1, 0.15) is 25.3 Å². The highest BCUT2D eigenvalue weighted by atomic mass is 16.2. The van der Waals surface area contributed by atoms with Crippen LogP contribution in [0.2, 0.25) is 0 Å². The van der Waals surface area contributed by atoms with Gasteiger partial charge in [0.1, 0.15) is 0 Å². The van der Waals surface area contributed by atoms with Gasteiger partial charge in [0.05, 0.1) is 17.9 Å². The van der Waals surface area contributed by atoms with Crippen LogP contribution in [0.15, 0.2) is 18.5 Å². The zero-order valence-electron chi connectivity index (χ0n) is 9.90. The minimum absolute atomic E-state index is 0.112. The van der Waals surface area contributed by atoms with Crippen molar-refractivity contribution in [3.63, 3.8) is 0 Å². The number of nitrogens with one attached hydrogen (secondary N) is 1. The lowest BCUT2D eigenvalue weighted by Crippen LogP contribution is -2.43. The van der Waals surface area contributed by atoms with Crippen LogP contribution in [-0.4, -0.2) is 30.5 Å². The second-order valence-corrected chi connectivity index (χ2v) is 4.29. The van der Waals surface area contributed by atoms with Crippen LogP contribution < -0.4 is 10.2 Å². The molecule has 0 spiro atoms. The Bertz CT molecular complexity index is 405. The SMILES string of the molecule is CNC(C)C(=O)N1CC(C)c2ccncc21. The van der Waals surface area contributed by atoms with Crippen LogP contribution in [-0.2, 0) is 4.79 Å². The Hall–Kier alpha value is -1.42. The maximum absolute atomic E-state index is 12.1. The van der Waals surface area contributed by atoms with Gasteiger partial charge in [-0.1, -0.05) is 6.92 Å². The van der Waals surface area contributed by atoms with E-state index in [-0.39, 0.29) is 11.9 Å². The first kappa shape index (κ1) is 11.1. The molecule has 1 N–H and O–H groups in total. The predicted molar refractivity (Wildman–Crippen MR) is 63.5 cm³/mol. The Kier molecular flexibility index (Phi) is 2.92. The smallest absolute Gasteiger partial charge is 0.243 e. The first-order valence-corrected chi connectivity index (χ1v) is 5.57. The van der Waals surface area contributed by atoms with Gasteiger partial charge in [0.25, 0.3) is 0 Å². The fourth-order valence-electron chi connectivity index (χ4n) is 2.08. The minimum Gasteiger partial charge on any atom is -0.309 e. The summed E-state index contributed by atoms with van der Waals surface area (Å²) < 4.78 is 0. The van der Waals surface area contributed by atoms with Crippen molar-refractivity contribution >= 4 is 11.6 Å². The van der Waals surface area contributed by atoms with Gasteiger partial charge >= 0.3 is 0 Å². The van der Waals surface area contributed by atoms with Crippen molar-refractivity contribution in [1.82, 2.24) is 10.3 Å². The molecule has 2 atom stereocenters. The van der Waals surface area contributed by atoms with E-state index in [4.69, 9.17) is 0 Å². The summed E-state index contributed by atoms with van der Waals surface area (Å²) in [5, 5.41) is 2.98. The van der Waals surface area contributed by atoms with E-state index >= 15 is 0 Å². The zero-order valence-corrected chi connectivity index (χ0v) is 9.90. The number of carbonyl (C=O) groups excluding carboxylic acids is 1. The highest BCUT2D eigenvalue weighted by molar-refractivity contribution is 5.98. The second kappa shape index (κ2) is 4.22. The van der Waals surface area contributed by atoms with Crippen LogP contribution in [0.4, 0.5) is 5.69 Å². The Morgan fingerprint density at radius 1 is 1.69 bits per heavy atom. The van der Waals surface area contributed by atoms with Crippen molar-refractivity contribution in [2.24, 2.45) is 0 Å². The molecular formula is C12H17N3O. The van der Waals surface area contributed by atoms with Gasteiger partial charge in [-0.15, -0.1) is 0 Å². The van der Waals surface area contributed by atoms with Crippen molar-refractivity contribution in [1.29, 1.82) is 0 Å². The highest BCUT2D eigenvalue weighted by Crippen LogP contribution is 2.35. The number of rotatable bonds is 2. The molecular weight excluding hydrogens is 202 g/mol. The van der Waals surface area contributed by atoms with E-state index in [1.807, 2.05) is 17.9 Å². The number of aromatic nitrogens is 1. The Morgan fingerprint density at radius 3 is 3.12 bits per heavy atom. The molecule has 1 aromatic heterocycles. The summed E-state index contributed by atoms with van der Waals surface area (Å²) in [7, 11) is 1.80. The van der Waals surface area contributed by atoms with Gasteiger partial charge in [0.15, 0.2) is 0 Å². The molecule has 2 unspecified atom stereocenters. The van der Waals surface area contributed by atoms with Crippen LogP contribution in [0.3, 0.4) is 0 Å². The van der Waals surface area contributed by atoms with Crippen LogP contribution >= 0.6 is 0 Å². The number of hydrogen-bond acceptors (Lipinski definition) is 3. The number of hydrogen-bond donors (Lipinski definition) is 1. The number of amides is 1. The van der Waals surface area contributed by atoms with E-state index in [0.29, 0.717) is 5.92 Å². The third-order valence-corrected chi connectivity index (χ3v) is 3.18. The summed E-state index contributed by atoms with van der Waals surface area (Å²) in [5.74, 6) is 0.507. The Morgan fingerprint density at radius 2 is 2.44 bits per heavy atom. The third-order valence-electron chi connectivity index (χ3n) is 3.18. The normalized spacial score (nSPS) is 20.7. The molecule has 86 valence electrons. The fourth-order valence-corrected chi connectivity index (χ4v) is 2.08. The van der Waals surface area contributed by atoms with E-state index < -0.39 is 0 Å². The standard InChI is InChI=1S/C12H17N3O/c1-8-7-15(12(16)9(2)13-3)11-6-14-5-4-10(8)11/h4-6,8-9,13H,7H2,1-3H3. The topological polar surface area (TPSA) is 45.2 Å². The summed E-state index contributed by atoms with van der Waals surface area (Å²) in [6.07, 6.45) is 3.56. The minimum atomic E-state index is -0.154. The van der Waals surface area contributed by atoms with Gasteiger partial charge in [0.2, 0.25) is 5.91 Å². The molecule has 1 aliphatic heterocycles. The molecule has 0 bridgehead atoms. The first-order valence-electron chi connectivity index (χ1n) is 5.57. The van der Waals surface area contributed by atoms with Gasteiger partial charge < -0.3 is 10.2 Å². The quantitative estimate of drug-likeness (QED) is 0.811. The van der Waals surface area contributed by atoms with Crippen LogP contribution in [0.25, 0.3) is 0 Å². The predicted octanol–water partition coefficient (Wildman–Crippen LogP) is 1.14. The molecule has 0 saturated carbocycles. The Labute approximate surface area is 95.7 Å². The molecule has 0 radical (unpaired) electrons. The molecule has 4 nitrogen and oxygen atoms in total. The number of pyridine rings is 1. The molecule has 1 aliphatic rings. The monoisotopic (exact) mass is 219 g/mol. The summed E-state index contributed by atoms with van der Waals surface area (Å²) in [6, 6.07) is 1.84. The molecule has 0 fully saturated rings. The van der Waals surface area contributed by atoms with Crippen molar-refractivity contribution in [2.45, 2.75) is 25.8 Å². The largest absolute Gasteiger partial charge is 0.309 e. The summed E-state index contributed by atoms with van der Waals surface area (Å²) in [6.45, 7) is 4.77. The van der Waals surface area contributed by atoms with E-state index in [1.54, 1.807) is 19.4 Å². The van der Waals surface area contributed by atoms with E-state index in [2.05, 4.69) is 17.2 Å². The summed E-state index contributed by atoms with van der Waals surface area (Å²) >= 11 is 0. The number of fused-ring (bicyclic) bond motifs is 1. The number of carbonyl (C=O) groups is 1. The van der Waals surface area contributed by atoms with E-state index in [9.17, 15) is 4.79 Å². The lowest BCUT2D eigenvalue weighted by atomic mass is 10.1.